The number of aliphatic carboxylic acids is 1. The molecule has 0 heterocycles. The van der Waals surface area contributed by atoms with E-state index in [0.29, 0.717) is 13.1 Å². The number of carboxylic acid groups (broad SMARTS) is 2. The third-order valence-corrected chi connectivity index (χ3v) is 3.41. The van der Waals surface area contributed by atoms with E-state index >= 15 is 0 Å². The Labute approximate surface area is 131 Å². The van der Waals surface area contributed by atoms with Crippen LogP contribution in [0.1, 0.15) is 23.7 Å². The summed E-state index contributed by atoms with van der Waals surface area (Å²) in [4.78, 5) is 26.2. The fourth-order valence-corrected chi connectivity index (χ4v) is 2.15. The number of carboxylic acids is 2. The molecule has 0 aromatic heterocycles. The van der Waals surface area contributed by atoms with Crippen LogP contribution in [0.2, 0.25) is 0 Å². The SMILES string of the molecule is CC(CN(CCCN(C)C)c1cccc(C(=O)O)c1)C(=O)O. The molecule has 6 heteroatoms. The van der Waals surface area contributed by atoms with Crippen molar-refractivity contribution in [2.75, 3.05) is 38.6 Å². The monoisotopic (exact) mass is 308 g/mol. The van der Waals surface area contributed by atoms with Gasteiger partial charge in [-0.15, -0.1) is 0 Å². The molecule has 0 aliphatic carbocycles. The van der Waals surface area contributed by atoms with Crippen LogP contribution in [0.15, 0.2) is 24.3 Å². The van der Waals surface area contributed by atoms with Crippen molar-refractivity contribution in [1.29, 1.82) is 0 Å². The number of rotatable bonds is 9. The molecule has 6 nitrogen and oxygen atoms in total. The van der Waals surface area contributed by atoms with Gasteiger partial charge >= 0.3 is 11.9 Å². The lowest BCUT2D eigenvalue weighted by molar-refractivity contribution is -0.140. The Bertz CT molecular complexity index is 517. The van der Waals surface area contributed by atoms with E-state index in [1.165, 1.54) is 6.07 Å². The maximum atomic E-state index is 11.1. The molecule has 2 N–H and O–H groups in total. The molecule has 0 spiro atoms. The molecule has 1 aromatic carbocycles. The molecular weight excluding hydrogens is 284 g/mol. The maximum absolute atomic E-state index is 11.1. The summed E-state index contributed by atoms with van der Waals surface area (Å²) in [7, 11) is 3.96. The molecule has 0 radical (unpaired) electrons. The molecule has 0 bridgehead atoms. The summed E-state index contributed by atoms with van der Waals surface area (Å²) in [6.45, 7) is 3.57. The largest absolute Gasteiger partial charge is 0.481 e. The lowest BCUT2D eigenvalue weighted by Gasteiger charge is -2.27. The van der Waals surface area contributed by atoms with Crippen LogP contribution in [0.3, 0.4) is 0 Å². The molecule has 0 saturated heterocycles. The fourth-order valence-electron chi connectivity index (χ4n) is 2.15. The second-order valence-electron chi connectivity index (χ2n) is 5.70. The van der Waals surface area contributed by atoms with Crippen LogP contribution in [-0.2, 0) is 4.79 Å². The summed E-state index contributed by atoms with van der Waals surface area (Å²) in [5, 5.41) is 18.2. The Morgan fingerprint density at radius 3 is 2.41 bits per heavy atom. The molecule has 22 heavy (non-hydrogen) atoms. The standard InChI is InChI=1S/C16H24N2O4/c1-12(15(19)20)11-18(9-5-8-17(2)3)14-7-4-6-13(10-14)16(21)22/h4,6-7,10,12H,5,8-9,11H2,1-3H3,(H,19,20)(H,21,22). The van der Waals surface area contributed by atoms with Crippen molar-refractivity contribution >= 4 is 17.6 Å². The zero-order valence-electron chi connectivity index (χ0n) is 13.3. The number of benzene rings is 1. The first-order valence-corrected chi connectivity index (χ1v) is 7.27. The van der Waals surface area contributed by atoms with E-state index in [4.69, 9.17) is 10.2 Å². The fraction of sp³-hybridized carbons (Fsp3) is 0.500. The second kappa shape index (κ2) is 8.38. The first-order valence-electron chi connectivity index (χ1n) is 7.27. The van der Waals surface area contributed by atoms with E-state index in [-0.39, 0.29) is 5.56 Å². The average Bonchev–Trinajstić information content (AvgIpc) is 2.45. The van der Waals surface area contributed by atoms with Crippen LogP contribution in [-0.4, -0.2) is 60.8 Å². The Morgan fingerprint density at radius 1 is 1.18 bits per heavy atom. The van der Waals surface area contributed by atoms with E-state index in [0.717, 1.165) is 18.7 Å². The van der Waals surface area contributed by atoms with Gasteiger partial charge in [0.25, 0.3) is 0 Å². The lowest BCUT2D eigenvalue weighted by atomic mass is 10.1. The summed E-state index contributed by atoms with van der Waals surface area (Å²) in [5.41, 5.74) is 0.949. The van der Waals surface area contributed by atoms with Gasteiger partial charge in [0.2, 0.25) is 0 Å². The van der Waals surface area contributed by atoms with E-state index in [9.17, 15) is 9.59 Å². The van der Waals surface area contributed by atoms with Gasteiger partial charge in [-0.25, -0.2) is 4.79 Å². The molecule has 1 atom stereocenters. The third-order valence-electron chi connectivity index (χ3n) is 3.41. The van der Waals surface area contributed by atoms with E-state index < -0.39 is 17.9 Å². The minimum absolute atomic E-state index is 0.207. The van der Waals surface area contributed by atoms with Crippen molar-refractivity contribution in [3.05, 3.63) is 29.8 Å². The van der Waals surface area contributed by atoms with Gasteiger partial charge in [0.05, 0.1) is 11.5 Å². The first kappa shape index (κ1) is 18.0. The highest BCUT2D eigenvalue weighted by Crippen LogP contribution is 2.18. The van der Waals surface area contributed by atoms with E-state index in [1.54, 1.807) is 19.1 Å². The Balaban J connectivity index is 2.90. The van der Waals surface area contributed by atoms with E-state index in [1.807, 2.05) is 25.1 Å². The highest BCUT2D eigenvalue weighted by atomic mass is 16.4. The van der Waals surface area contributed by atoms with Crippen molar-refractivity contribution in [2.45, 2.75) is 13.3 Å². The zero-order chi connectivity index (χ0) is 16.7. The van der Waals surface area contributed by atoms with Gasteiger partial charge in [0.1, 0.15) is 0 Å². The number of aromatic carboxylic acids is 1. The maximum Gasteiger partial charge on any atom is 0.335 e. The van der Waals surface area contributed by atoms with Crippen molar-refractivity contribution in [1.82, 2.24) is 4.90 Å². The second-order valence-corrected chi connectivity index (χ2v) is 5.70. The van der Waals surface area contributed by atoms with Gasteiger partial charge in [0, 0.05) is 18.8 Å². The molecule has 122 valence electrons. The smallest absolute Gasteiger partial charge is 0.335 e. The summed E-state index contributed by atoms with van der Waals surface area (Å²) in [6.07, 6.45) is 0.872. The lowest BCUT2D eigenvalue weighted by Crippen LogP contribution is -2.34. The average molecular weight is 308 g/mol. The topological polar surface area (TPSA) is 81.1 Å². The van der Waals surface area contributed by atoms with Gasteiger partial charge < -0.3 is 20.0 Å². The normalized spacial score (nSPS) is 12.2. The molecular formula is C16H24N2O4. The summed E-state index contributed by atoms with van der Waals surface area (Å²) in [5.74, 6) is -2.36. The molecule has 0 fully saturated rings. The predicted molar refractivity (Wildman–Crippen MR) is 85.6 cm³/mol. The number of hydrogen-bond acceptors (Lipinski definition) is 4. The minimum atomic E-state index is -0.985. The quantitative estimate of drug-likeness (QED) is 0.725. The van der Waals surface area contributed by atoms with Crippen LogP contribution in [0.5, 0.6) is 0 Å². The summed E-state index contributed by atoms with van der Waals surface area (Å²) in [6, 6.07) is 6.62. The number of nitrogens with zero attached hydrogens (tertiary/aromatic N) is 2. The molecule has 1 unspecified atom stereocenters. The zero-order valence-corrected chi connectivity index (χ0v) is 13.3. The van der Waals surface area contributed by atoms with Crippen LogP contribution in [0, 0.1) is 5.92 Å². The van der Waals surface area contributed by atoms with Crippen LogP contribution in [0.4, 0.5) is 5.69 Å². The summed E-state index contributed by atoms with van der Waals surface area (Å²) >= 11 is 0. The van der Waals surface area contributed by atoms with Gasteiger partial charge in [-0.2, -0.15) is 0 Å². The molecule has 0 saturated carbocycles. The summed E-state index contributed by atoms with van der Waals surface area (Å²) < 4.78 is 0. The minimum Gasteiger partial charge on any atom is -0.481 e. The molecule has 1 aromatic rings. The van der Waals surface area contributed by atoms with Crippen LogP contribution < -0.4 is 4.90 Å². The molecule has 1 rings (SSSR count). The highest BCUT2D eigenvalue weighted by molar-refractivity contribution is 5.88. The van der Waals surface area contributed by atoms with Gasteiger partial charge in [0.15, 0.2) is 0 Å². The highest BCUT2D eigenvalue weighted by Gasteiger charge is 2.17. The Hall–Kier alpha value is -2.08. The Morgan fingerprint density at radius 2 is 1.86 bits per heavy atom. The van der Waals surface area contributed by atoms with Crippen molar-refractivity contribution < 1.29 is 19.8 Å². The number of anilines is 1. The molecule has 0 amide bonds. The van der Waals surface area contributed by atoms with Crippen molar-refractivity contribution in [2.24, 2.45) is 5.92 Å². The van der Waals surface area contributed by atoms with E-state index in [2.05, 4.69) is 4.90 Å². The van der Waals surface area contributed by atoms with Crippen LogP contribution >= 0.6 is 0 Å². The molecule has 0 aliphatic heterocycles. The predicted octanol–water partition coefficient (Wildman–Crippen LogP) is 1.86. The van der Waals surface area contributed by atoms with Crippen molar-refractivity contribution in [3.63, 3.8) is 0 Å². The van der Waals surface area contributed by atoms with Crippen molar-refractivity contribution in [3.8, 4) is 0 Å². The third kappa shape index (κ3) is 5.73. The molecule has 0 aliphatic rings. The number of hydrogen-bond donors (Lipinski definition) is 2. The van der Waals surface area contributed by atoms with Crippen LogP contribution in [0.25, 0.3) is 0 Å². The Kier molecular flexibility index (Phi) is 6.85. The first-order chi connectivity index (χ1) is 10.3. The van der Waals surface area contributed by atoms with Gasteiger partial charge in [-0.05, 0) is 45.3 Å². The van der Waals surface area contributed by atoms with Gasteiger partial charge in [-0.1, -0.05) is 13.0 Å². The number of carbonyl (C=O) groups is 2. The van der Waals surface area contributed by atoms with Gasteiger partial charge in [-0.3, -0.25) is 4.79 Å².